The Labute approximate surface area is 154 Å². The summed E-state index contributed by atoms with van der Waals surface area (Å²) in [5.74, 6) is -1.25. The molecule has 4 nitrogen and oxygen atoms in total. The second kappa shape index (κ2) is 7.30. The molecule has 7 heteroatoms. The monoisotopic (exact) mass is 383 g/mol. The molecule has 3 rings (SSSR count). The van der Waals surface area contributed by atoms with Crippen molar-refractivity contribution in [1.29, 1.82) is 0 Å². The van der Waals surface area contributed by atoms with Crippen LogP contribution in [0.1, 0.15) is 42.8 Å². The van der Waals surface area contributed by atoms with Crippen molar-refractivity contribution in [3.05, 3.63) is 33.9 Å². The number of halogens is 2. The third-order valence-corrected chi connectivity index (χ3v) is 6.22. The molecule has 0 unspecified atom stereocenters. The summed E-state index contributed by atoms with van der Waals surface area (Å²) in [6.45, 7) is 3.70. The maximum absolute atomic E-state index is 13.3. The lowest BCUT2D eigenvalue weighted by molar-refractivity contribution is -0.140. The van der Waals surface area contributed by atoms with Crippen molar-refractivity contribution >= 4 is 44.9 Å². The van der Waals surface area contributed by atoms with E-state index in [2.05, 4.69) is 0 Å². The molecule has 1 saturated heterocycles. The zero-order valence-corrected chi connectivity index (χ0v) is 15.6. The van der Waals surface area contributed by atoms with E-state index in [0.29, 0.717) is 10.1 Å². The van der Waals surface area contributed by atoms with E-state index in [9.17, 15) is 14.0 Å². The quantitative estimate of drug-likeness (QED) is 0.725. The Balaban J connectivity index is 1.70. The van der Waals surface area contributed by atoms with E-state index in [4.69, 9.17) is 16.3 Å². The van der Waals surface area contributed by atoms with Gasteiger partial charge < -0.3 is 9.64 Å². The summed E-state index contributed by atoms with van der Waals surface area (Å²) < 4.78 is 19.1. The molecule has 0 N–H and O–H groups in total. The van der Waals surface area contributed by atoms with Crippen LogP contribution in [0.3, 0.4) is 0 Å². The SMILES string of the molecule is C[C@@H]1CCC[C@H](C)N1C(=O)COC(=O)c1sc2cc(F)ccc2c1Cl. The minimum absolute atomic E-state index is 0.144. The number of piperidine rings is 1. The van der Waals surface area contributed by atoms with Gasteiger partial charge in [0.1, 0.15) is 10.7 Å². The molecule has 1 aromatic carbocycles. The third-order valence-electron chi connectivity index (χ3n) is 4.59. The van der Waals surface area contributed by atoms with E-state index >= 15 is 0 Å². The summed E-state index contributed by atoms with van der Waals surface area (Å²) in [4.78, 5) is 26.7. The first-order valence-corrected chi connectivity index (χ1v) is 9.43. The summed E-state index contributed by atoms with van der Waals surface area (Å²) >= 11 is 7.27. The highest BCUT2D eigenvalue weighted by Crippen LogP contribution is 2.36. The van der Waals surface area contributed by atoms with Crippen LogP contribution in [0, 0.1) is 5.82 Å². The number of amides is 1. The van der Waals surface area contributed by atoms with E-state index in [1.54, 1.807) is 4.90 Å². The van der Waals surface area contributed by atoms with Gasteiger partial charge in [-0.1, -0.05) is 11.6 Å². The number of carbonyl (C=O) groups is 2. The number of fused-ring (bicyclic) bond motifs is 1. The number of thiophene rings is 1. The van der Waals surface area contributed by atoms with Gasteiger partial charge in [-0.15, -0.1) is 11.3 Å². The Morgan fingerprint density at radius 3 is 2.68 bits per heavy atom. The molecule has 1 fully saturated rings. The smallest absolute Gasteiger partial charge is 0.350 e. The number of hydrogen-bond acceptors (Lipinski definition) is 4. The number of benzene rings is 1. The Hall–Kier alpha value is -1.66. The second-order valence-corrected chi connectivity index (χ2v) is 7.82. The molecule has 0 spiro atoms. The van der Waals surface area contributed by atoms with Crippen LogP contribution in [0.5, 0.6) is 0 Å². The molecule has 2 heterocycles. The molecule has 1 aliphatic heterocycles. The van der Waals surface area contributed by atoms with Crippen LogP contribution < -0.4 is 0 Å². The van der Waals surface area contributed by atoms with Gasteiger partial charge in [0.15, 0.2) is 6.61 Å². The van der Waals surface area contributed by atoms with Crippen molar-refractivity contribution in [2.45, 2.75) is 45.2 Å². The molecule has 2 aromatic rings. The molecule has 0 saturated carbocycles. The maximum atomic E-state index is 13.3. The van der Waals surface area contributed by atoms with Gasteiger partial charge in [0.25, 0.3) is 5.91 Å². The van der Waals surface area contributed by atoms with Crippen molar-refractivity contribution < 1.29 is 18.7 Å². The lowest BCUT2D eigenvalue weighted by atomic mass is 9.97. The van der Waals surface area contributed by atoms with Gasteiger partial charge in [-0.3, -0.25) is 4.79 Å². The highest BCUT2D eigenvalue weighted by Gasteiger charge is 2.30. The largest absolute Gasteiger partial charge is 0.451 e. The first-order chi connectivity index (χ1) is 11.9. The summed E-state index contributed by atoms with van der Waals surface area (Å²) in [5.41, 5.74) is 0. The van der Waals surface area contributed by atoms with Gasteiger partial charge in [-0.2, -0.15) is 0 Å². The Kier molecular flexibility index (Phi) is 5.29. The fourth-order valence-electron chi connectivity index (χ4n) is 3.35. The second-order valence-electron chi connectivity index (χ2n) is 6.39. The van der Waals surface area contributed by atoms with Gasteiger partial charge in [-0.05, 0) is 51.3 Å². The predicted octanol–water partition coefficient (Wildman–Crippen LogP) is 4.64. The summed E-state index contributed by atoms with van der Waals surface area (Å²) in [6, 6.07) is 4.43. The van der Waals surface area contributed by atoms with E-state index < -0.39 is 11.8 Å². The van der Waals surface area contributed by atoms with Crippen molar-refractivity contribution in [2.75, 3.05) is 6.61 Å². The molecule has 2 atom stereocenters. The fraction of sp³-hybridized carbons (Fsp3) is 0.444. The summed E-state index contributed by atoms with van der Waals surface area (Å²) in [7, 11) is 0. The molecule has 0 aliphatic carbocycles. The number of nitrogens with zero attached hydrogens (tertiary/aromatic N) is 1. The first-order valence-electron chi connectivity index (χ1n) is 8.24. The van der Waals surface area contributed by atoms with E-state index in [-0.39, 0.29) is 34.5 Å². The summed E-state index contributed by atoms with van der Waals surface area (Å²) in [6.07, 6.45) is 3.01. The highest BCUT2D eigenvalue weighted by molar-refractivity contribution is 7.21. The minimum Gasteiger partial charge on any atom is -0.451 e. The number of esters is 1. The Morgan fingerprint density at radius 1 is 1.32 bits per heavy atom. The van der Waals surface area contributed by atoms with Crippen molar-refractivity contribution in [3.8, 4) is 0 Å². The molecule has 1 aromatic heterocycles. The fourth-order valence-corrected chi connectivity index (χ4v) is 4.78. The van der Waals surface area contributed by atoms with Gasteiger partial charge in [0, 0.05) is 22.2 Å². The topological polar surface area (TPSA) is 46.6 Å². The van der Waals surface area contributed by atoms with Gasteiger partial charge in [0.05, 0.1) is 5.02 Å². The molecule has 1 aliphatic rings. The predicted molar refractivity (Wildman–Crippen MR) is 96.7 cm³/mol. The highest BCUT2D eigenvalue weighted by atomic mass is 35.5. The van der Waals surface area contributed by atoms with Crippen LogP contribution in [0.25, 0.3) is 10.1 Å². The van der Waals surface area contributed by atoms with Gasteiger partial charge in [0.2, 0.25) is 0 Å². The Bertz CT molecular complexity index is 812. The van der Waals surface area contributed by atoms with Crippen molar-refractivity contribution in [2.24, 2.45) is 0 Å². The number of hydrogen-bond donors (Lipinski definition) is 0. The molecular formula is C18H19ClFNO3S. The average molecular weight is 384 g/mol. The summed E-state index contributed by atoms with van der Waals surface area (Å²) in [5, 5.41) is 0.835. The van der Waals surface area contributed by atoms with Crippen LogP contribution in [-0.2, 0) is 9.53 Å². The molecule has 25 heavy (non-hydrogen) atoms. The molecule has 0 bridgehead atoms. The van der Waals surface area contributed by atoms with E-state index in [0.717, 1.165) is 30.6 Å². The van der Waals surface area contributed by atoms with Crippen LogP contribution in [0.2, 0.25) is 5.02 Å². The zero-order chi connectivity index (χ0) is 18.1. The average Bonchev–Trinajstić information content (AvgIpc) is 2.88. The van der Waals surface area contributed by atoms with Crippen LogP contribution >= 0.6 is 22.9 Å². The number of likely N-dealkylation sites (tertiary alicyclic amines) is 1. The Morgan fingerprint density at radius 2 is 2.00 bits per heavy atom. The van der Waals surface area contributed by atoms with Crippen LogP contribution in [0.4, 0.5) is 4.39 Å². The minimum atomic E-state index is -0.655. The van der Waals surface area contributed by atoms with Crippen molar-refractivity contribution in [3.63, 3.8) is 0 Å². The number of carbonyl (C=O) groups excluding carboxylic acids is 2. The standard InChI is InChI=1S/C18H19ClFNO3S/c1-10-4-3-5-11(2)21(10)15(22)9-24-18(23)17-16(19)13-7-6-12(20)8-14(13)25-17/h6-8,10-11H,3-5,9H2,1-2H3/t10-,11+. The molecule has 134 valence electrons. The number of rotatable bonds is 3. The number of ether oxygens (including phenoxy) is 1. The normalized spacial score (nSPS) is 20.7. The van der Waals surface area contributed by atoms with Crippen LogP contribution in [-0.4, -0.2) is 35.5 Å². The molecular weight excluding hydrogens is 365 g/mol. The van der Waals surface area contributed by atoms with E-state index in [1.807, 2.05) is 13.8 Å². The lowest BCUT2D eigenvalue weighted by Gasteiger charge is -2.38. The van der Waals surface area contributed by atoms with Gasteiger partial charge >= 0.3 is 5.97 Å². The molecule has 1 amide bonds. The molecule has 0 radical (unpaired) electrons. The zero-order valence-electron chi connectivity index (χ0n) is 14.1. The van der Waals surface area contributed by atoms with Gasteiger partial charge in [-0.25, -0.2) is 9.18 Å². The maximum Gasteiger partial charge on any atom is 0.350 e. The van der Waals surface area contributed by atoms with Crippen molar-refractivity contribution in [1.82, 2.24) is 4.90 Å². The first kappa shape index (κ1) is 18.1. The van der Waals surface area contributed by atoms with Crippen LogP contribution in [0.15, 0.2) is 18.2 Å². The third kappa shape index (κ3) is 3.65. The lowest BCUT2D eigenvalue weighted by Crippen LogP contribution is -2.49. The van der Waals surface area contributed by atoms with E-state index in [1.165, 1.54) is 18.2 Å².